The first-order chi connectivity index (χ1) is 8.75. The molecule has 0 radical (unpaired) electrons. The minimum Gasteiger partial charge on any atom is -0.262 e. The zero-order valence-electron chi connectivity index (χ0n) is 10.4. The largest absolute Gasteiger partial charge is 0.262 e. The zero-order valence-corrected chi connectivity index (χ0v) is 11.2. The molecule has 1 aromatic heterocycles. The maximum Gasteiger partial charge on any atom is 0.182 e. The lowest BCUT2D eigenvalue weighted by Crippen LogP contribution is -1.94. The van der Waals surface area contributed by atoms with Crippen molar-refractivity contribution in [2.75, 3.05) is 0 Å². The number of nitrogens with zero attached hydrogens (tertiary/aromatic N) is 2. The molecule has 1 heterocycles. The Bertz CT molecular complexity index is 556. The molecule has 3 rings (SSSR count). The highest BCUT2D eigenvalue weighted by atomic mass is 35.5. The molecule has 1 saturated carbocycles. The van der Waals surface area contributed by atoms with Crippen LogP contribution in [0.25, 0.3) is 11.4 Å². The Labute approximate surface area is 112 Å². The first-order valence-corrected chi connectivity index (χ1v) is 6.81. The smallest absolute Gasteiger partial charge is 0.182 e. The molecule has 0 unspecified atom stereocenters. The summed E-state index contributed by atoms with van der Waals surface area (Å²) in [6.45, 7) is 2.00. The number of aromatic amines is 1. The summed E-state index contributed by atoms with van der Waals surface area (Å²) in [5, 5.41) is 8.13. The third-order valence-electron chi connectivity index (χ3n) is 3.68. The van der Waals surface area contributed by atoms with E-state index < -0.39 is 0 Å². The van der Waals surface area contributed by atoms with Crippen molar-refractivity contribution in [1.29, 1.82) is 0 Å². The summed E-state index contributed by atoms with van der Waals surface area (Å²) >= 11 is 6.30. The fourth-order valence-corrected chi connectivity index (χ4v) is 2.81. The maximum absolute atomic E-state index is 6.30. The Hall–Kier alpha value is -1.35. The number of aryl methyl sites for hydroxylation is 1. The van der Waals surface area contributed by atoms with Crippen LogP contribution in [0.2, 0.25) is 5.02 Å². The van der Waals surface area contributed by atoms with Gasteiger partial charge in [-0.1, -0.05) is 36.6 Å². The fraction of sp³-hybridized carbons (Fsp3) is 0.429. The van der Waals surface area contributed by atoms with Gasteiger partial charge < -0.3 is 0 Å². The Morgan fingerprint density at radius 1 is 1.28 bits per heavy atom. The first-order valence-electron chi connectivity index (χ1n) is 6.43. The van der Waals surface area contributed by atoms with E-state index in [0.29, 0.717) is 11.7 Å². The van der Waals surface area contributed by atoms with Crippen LogP contribution in [0.3, 0.4) is 0 Å². The Morgan fingerprint density at radius 2 is 2.06 bits per heavy atom. The van der Waals surface area contributed by atoms with Gasteiger partial charge in [0.1, 0.15) is 5.82 Å². The standard InChI is InChI=1S/C14H16ClN3/c1-9-5-4-8-11(12(9)15)14-16-13(17-18-14)10-6-2-3-7-10/h4-5,8,10H,2-3,6-7H2,1H3,(H,16,17,18). The molecule has 1 fully saturated rings. The molecule has 0 saturated heterocycles. The van der Waals surface area contributed by atoms with Crippen molar-refractivity contribution in [3.63, 3.8) is 0 Å². The van der Waals surface area contributed by atoms with Gasteiger partial charge >= 0.3 is 0 Å². The number of rotatable bonds is 2. The van der Waals surface area contributed by atoms with Gasteiger partial charge in [0, 0.05) is 11.5 Å². The van der Waals surface area contributed by atoms with E-state index in [2.05, 4.69) is 15.2 Å². The molecule has 0 amide bonds. The highest BCUT2D eigenvalue weighted by Gasteiger charge is 2.21. The second-order valence-electron chi connectivity index (χ2n) is 4.96. The summed E-state index contributed by atoms with van der Waals surface area (Å²) in [4.78, 5) is 4.61. The van der Waals surface area contributed by atoms with E-state index in [-0.39, 0.29) is 0 Å². The van der Waals surface area contributed by atoms with Crippen LogP contribution in [0.15, 0.2) is 18.2 Å². The Kier molecular flexibility index (Phi) is 3.08. The average molecular weight is 262 g/mol. The molecule has 0 spiro atoms. The Morgan fingerprint density at radius 3 is 2.83 bits per heavy atom. The number of nitrogens with one attached hydrogen (secondary N) is 1. The van der Waals surface area contributed by atoms with Crippen molar-refractivity contribution in [2.45, 2.75) is 38.5 Å². The molecule has 2 aromatic rings. The van der Waals surface area contributed by atoms with E-state index in [1.807, 2.05) is 25.1 Å². The van der Waals surface area contributed by atoms with Gasteiger partial charge in [-0.2, -0.15) is 5.10 Å². The lowest BCUT2D eigenvalue weighted by atomic mass is 10.1. The highest BCUT2D eigenvalue weighted by Crippen LogP contribution is 2.34. The van der Waals surface area contributed by atoms with Gasteiger partial charge in [-0.25, -0.2) is 4.98 Å². The second kappa shape index (κ2) is 4.73. The van der Waals surface area contributed by atoms with Crippen molar-refractivity contribution < 1.29 is 0 Å². The van der Waals surface area contributed by atoms with Crippen molar-refractivity contribution in [3.8, 4) is 11.4 Å². The van der Waals surface area contributed by atoms with E-state index in [4.69, 9.17) is 11.6 Å². The van der Waals surface area contributed by atoms with Crippen LogP contribution in [-0.4, -0.2) is 15.2 Å². The van der Waals surface area contributed by atoms with Crippen molar-refractivity contribution >= 4 is 11.6 Å². The summed E-state index contributed by atoms with van der Waals surface area (Å²) in [6.07, 6.45) is 5.03. The predicted octanol–water partition coefficient (Wildman–Crippen LogP) is 4.09. The molecule has 1 aromatic carbocycles. The third kappa shape index (κ3) is 2.03. The topological polar surface area (TPSA) is 41.6 Å². The summed E-state index contributed by atoms with van der Waals surface area (Å²) in [5.41, 5.74) is 1.97. The monoisotopic (exact) mass is 261 g/mol. The van der Waals surface area contributed by atoms with Crippen molar-refractivity contribution in [3.05, 3.63) is 34.6 Å². The summed E-state index contributed by atoms with van der Waals surface area (Å²) in [7, 11) is 0. The van der Waals surface area contributed by atoms with Crippen LogP contribution < -0.4 is 0 Å². The Balaban J connectivity index is 1.95. The van der Waals surface area contributed by atoms with E-state index in [0.717, 1.165) is 22.0 Å². The predicted molar refractivity (Wildman–Crippen MR) is 72.8 cm³/mol. The van der Waals surface area contributed by atoms with E-state index >= 15 is 0 Å². The number of H-pyrrole nitrogens is 1. The quantitative estimate of drug-likeness (QED) is 0.885. The van der Waals surface area contributed by atoms with Crippen LogP contribution >= 0.6 is 11.6 Å². The summed E-state index contributed by atoms with van der Waals surface area (Å²) in [6, 6.07) is 5.95. The van der Waals surface area contributed by atoms with Gasteiger partial charge in [-0.05, 0) is 31.4 Å². The average Bonchev–Trinajstić information content (AvgIpc) is 3.01. The minimum atomic E-state index is 0.551. The normalized spacial score (nSPS) is 16.3. The maximum atomic E-state index is 6.30. The van der Waals surface area contributed by atoms with Gasteiger partial charge in [-0.15, -0.1) is 0 Å². The van der Waals surface area contributed by atoms with Crippen molar-refractivity contribution in [2.24, 2.45) is 0 Å². The second-order valence-corrected chi connectivity index (χ2v) is 5.34. The number of hydrogen-bond acceptors (Lipinski definition) is 2. The first kappa shape index (κ1) is 11.7. The molecular formula is C14H16ClN3. The van der Waals surface area contributed by atoms with Gasteiger partial charge in [0.05, 0.1) is 5.02 Å². The lowest BCUT2D eigenvalue weighted by Gasteiger charge is -2.03. The van der Waals surface area contributed by atoms with Crippen LogP contribution in [0.5, 0.6) is 0 Å². The fourth-order valence-electron chi connectivity index (χ4n) is 2.60. The van der Waals surface area contributed by atoms with E-state index in [1.54, 1.807) is 0 Å². The third-order valence-corrected chi connectivity index (χ3v) is 4.18. The number of benzene rings is 1. The molecular weight excluding hydrogens is 246 g/mol. The number of aromatic nitrogens is 3. The SMILES string of the molecule is Cc1cccc(-c2n[nH]c(C3CCCC3)n2)c1Cl. The van der Waals surface area contributed by atoms with Crippen LogP contribution in [0, 0.1) is 6.92 Å². The molecule has 18 heavy (non-hydrogen) atoms. The van der Waals surface area contributed by atoms with Crippen LogP contribution in [0.1, 0.15) is 43.0 Å². The van der Waals surface area contributed by atoms with Crippen molar-refractivity contribution in [1.82, 2.24) is 15.2 Å². The molecule has 0 atom stereocenters. The van der Waals surface area contributed by atoms with Gasteiger partial charge in [0.25, 0.3) is 0 Å². The number of hydrogen-bond donors (Lipinski definition) is 1. The van der Waals surface area contributed by atoms with Gasteiger partial charge in [-0.3, -0.25) is 5.10 Å². The molecule has 0 aliphatic heterocycles. The van der Waals surface area contributed by atoms with Crippen LogP contribution in [-0.2, 0) is 0 Å². The zero-order chi connectivity index (χ0) is 12.5. The highest BCUT2D eigenvalue weighted by molar-refractivity contribution is 6.33. The lowest BCUT2D eigenvalue weighted by molar-refractivity contribution is 0.672. The molecule has 1 N–H and O–H groups in total. The molecule has 0 bridgehead atoms. The molecule has 1 aliphatic carbocycles. The molecule has 4 heteroatoms. The minimum absolute atomic E-state index is 0.551. The molecule has 3 nitrogen and oxygen atoms in total. The summed E-state index contributed by atoms with van der Waals surface area (Å²) < 4.78 is 0. The van der Waals surface area contributed by atoms with E-state index in [1.165, 1.54) is 25.7 Å². The molecule has 1 aliphatic rings. The number of halogens is 1. The summed E-state index contributed by atoms with van der Waals surface area (Å²) in [5.74, 6) is 2.28. The van der Waals surface area contributed by atoms with Crippen LogP contribution in [0.4, 0.5) is 0 Å². The van der Waals surface area contributed by atoms with E-state index in [9.17, 15) is 0 Å². The molecule has 94 valence electrons. The van der Waals surface area contributed by atoms with Gasteiger partial charge in [0.15, 0.2) is 5.82 Å². The van der Waals surface area contributed by atoms with Gasteiger partial charge in [0.2, 0.25) is 0 Å².